The lowest BCUT2D eigenvalue weighted by Crippen LogP contribution is -2.38. The van der Waals surface area contributed by atoms with Crippen LogP contribution in [0.2, 0.25) is 0 Å². The number of hydrogen-bond donors (Lipinski definition) is 0. The first kappa shape index (κ1) is 26.9. The summed E-state index contributed by atoms with van der Waals surface area (Å²) in [5.74, 6) is -6.85. The summed E-state index contributed by atoms with van der Waals surface area (Å²) < 4.78 is 20.5. The van der Waals surface area contributed by atoms with Crippen molar-refractivity contribution in [2.45, 2.75) is 71.6 Å². The van der Waals surface area contributed by atoms with Crippen molar-refractivity contribution in [3.63, 3.8) is 0 Å². The Labute approximate surface area is 185 Å². The van der Waals surface area contributed by atoms with Crippen molar-refractivity contribution in [1.82, 2.24) is 0 Å². The van der Waals surface area contributed by atoms with Crippen LogP contribution in [0.3, 0.4) is 0 Å². The molecule has 178 valence electrons. The largest absolute Gasteiger partial charge is 0.469 e. The van der Waals surface area contributed by atoms with Crippen LogP contribution in [0.1, 0.15) is 71.6 Å². The molecule has 0 amide bonds. The van der Waals surface area contributed by atoms with Gasteiger partial charge in [-0.25, -0.2) is 0 Å². The smallest absolute Gasteiger partial charge is 0.310 e. The summed E-state index contributed by atoms with van der Waals surface area (Å²) in [6, 6.07) is 0. The summed E-state index contributed by atoms with van der Waals surface area (Å²) in [5, 5.41) is 0. The SMILES string of the molecule is CCCCCCOC(=O)C1C(C(=O)OC)CC(C(=O)OC)C1C(=O)OCCCCCC. The molecule has 1 fully saturated rings. The monoisotopic (exact) mass is 442 g/mol. The van der Waals surface area contributed by atoms with Gasteiger partial charge in [-0.05, 0) is 19.3 Å². The summed E-state index contributed by atoms with van der Waals surface area (Å²) in [5.41, 5.74) is 0. The van der Waals surface area contributed by atoms with Crippen LogP contribution in [0.5, 0.6) is 0 Å². The van der Waals surface area contributed by atoms with E-state index in [9.17, 15) is 19.2 Å². The van der Waals surface area contributed by atoms with E-state index in [2.05, 4.69) is 13.8 Å². The predicted octanol–water partition coefficient (Wildman–Crippen LogP) is 3.45. The number of unbranched alkanes of at least 4 members (excludes halogenated alkanes) is 6. The lowest BCUT2D eigenvalue weighted by atomic mass is 9.86. The van der Waals surface area contributed by atoms with Gasteiger partial charge in [-0.3, -0.25) is 19.2 Å². The minimum absolute atomic E-state index is 0.0233. The van der Waals surface area contributed by atoms with Crippen molar-refractivity contribution >= 4 is 23.9 Å². The molecule has 0 bridgehead atoms. The maximum absolute atomic E-state index is 12.9. The molecule has 0 aromatic carbocycles. The van der Waals surface area contributed by atoms with Gasteiger partial charge < -0.3 is 18.9 Å². The molecule has 31 heavy (non-hydrogen) atoms. The lowest BCUT2D eigenvalue weighted by molar-refractivity contribution is -0.167. The molecule has 0 N–H and O–H groups in total. The van der Waals surface area contributed by atoms with Gasteiger partial charge in [0.15, 0.2) is 0 Å². The first-order chi connectivity index (χ1) is 14.9. The highest BCUT2D eigenvalue weighted by atomic mass is 16.5. The van der Waals surface area contributed by atoms with Gasteiger partial charge in [0.05, 0.1) is 51.1 Å². The fraction of sp³-hybridized carbons (Fsp3) is 0.826. The Morgan fingerprint density at radius 2 is 1.00 bits per heavy atom. The zero-order valence-corrected chi connectivity index (χ0v) is 19.4. The molecule has 1 aliphatic rings. The average molecular weight is 443 g/mol. The van der Waals surface area contributed by atoms with Crippen molar-refractivity contribution in [3.05, 3.63) is 0 Å². The van der Waals surface area contributed by atoms with Crippen LogP contribution in [0, 0.1) is 23.7 Å². The Balaban J connectivity index is 2.98. The number of ether oxygens (including phenoxy) is 4. The van der Waals surface area contributed by atoms with E-state index in [0.29, 0.717) is 12.8 Å². The van der Waals surface area contributed by atoms with Crippen LogP contribution >= 0.6 is 0 Å². The fourth-order valence-corrected chi connectivity index (χ4v) is 4.07. The zero-order valence-electron chi connectivity index (χ0n) is 19.4. The third-order valence-corrected chi connectivity index (χ3v) is 5.80. The summed E-state index contributed by atoms with van der Waals surface area (Å²) >= 11 is 0. The molecule has 4 atom stereocenters. The van der Waals surface area contributed by atoms with Crippen LogP contribution in [0.25, 0.3) is 0 Å². The molecular formula is C23H38O8. The average Bonchev–Trinajstić information content (AvgIpc) is 3.18. The van der Waals surface area contributed by atoms with E-state index in [4.69, 9.17) is 18.9 Å². The van der Waals surface area contributed by atoms with Gasteiger partial charge >= 0.3 is 23.9 Å². The summed E-state index contributed by atoms with van der Waals surface area (Å²) in [6.07, 6.45) is 7.37. The molecular weight excluding hydrogens is 404 g/mol. The molecule has 1 aliphatic carbocycles. The number of hydrogen-bond acceptors (Lipinski definition) is 8. The molecule has 0 heterocycles. The van der Waals surface area contributed by atoms with Crippen LogP contribution in [0.15, 0.2) is 0 Å². The quantitative estimate of drug-likeness (QED) is 0.229. The Morgan fingerprint density at radius 1 is 0.613 bits per heavy atom. The van der Waals surface area contributed by atoms with E-state index in [0.717, 1.165) is 38.5 Å². The van der Waals surface area contributed by atoms with Gasteiger partial charge in [0.2, 0.25) is 0 Å². The predicted molar refractivity (Wildman–Crippen MR) is 113 cm³/mol. The van der Waals surface area contributed by atoms with Gasteiger partial charge in [0.1, 0.15) is 0 Å². The maximum atomic E-state index is 12.9. The van der Waals surface area contributed by atoms with Crippen LogP contribution < -0.4 is 0 Å². The molecule has 1 rings (SSSR count). The number of carbonyl (C=O) groups excluding carboxylic acids is 4. The number of carbonyl (C=O) groups is 4. The second kappa shape index (κ2) is 14.8. The molecule has 0 aliphatic heterocycles. The van der Waals surface area contributed by atoms with Gasteiger partial charge in [0, 0.05) is 0 Å². The Morgan fingerprint density at radius 3 is 1.32 bits per heavy atom. The molecule has 0 aromatic rings. The summed E-state index contributed by atoms with van der Waals surface area (Å²) in [6.45, 7) is 4.56. The third kappa shape index (κ3) is 8.15. The number of rotatable bonds is 14. The standard InChI is InChI=1S/C23H38O8/c1-5-7-9-11-13-30-22(26)18-16(20(24)28-3)15-17(21(25)29-4)19(18)23(27)31-14-12-10-8-6-2/h16-19H,5-15H2,1-4H3. The van der Waals surface area contributed by atoms with E-state index >= 15 is 0 Å². The van der Waals surface area contributed by atoms with E-state index < -0.39 is 47.5 Å². The third-order valence-electron chi connectivity index (χ3n) is 5.80. The summed E-state index contributed by atoms with van der Waals surface area (Å²) in [4.78, 5) is 50.5. The first-order valence-electron chi connectivity index (χ1n) is 11.4. The van der Waals surface area contributed by atoms with Crippen molar-refractivity contribution in [2.24, 2.45) is 23.7 Å². The Kier molecular flexibility index (Phi) is 12.9. The molecule has 4 unspecified atom stereocenters. The van der Waals surface area contributed by atoms with Gasteiger partial charge in [-0.15, -0.1) is 0 Å². The van der Waals surface area contributed by atoms with E-state index in [1.54, 1.807) is 0 Å². The van der Waals surface area contributed by atoms with Gasteiger partial charge in [-0.2, -0.15) is 0 Å². The highest BCUT2D eigenvalue weighted by molar-refractivity contribution is 5.92. The molecule has 8 nitrogen and oxygen atoms in total. The van der Waals surface area contributed by atoms with Crippen molar-refractivity contribution in [3.8, 4) is 0 Å². The normalized spacial score (nSPS) is 22.6. The van der Waals surface area contributed by atoms with E-state index in [1.807, 2.05) is 0 Å². The maximum Gasteiger partial charge on any atom is 0.310 e. The first-order valence-corrected chi connectivity index (χ1v) is 11.4. The zero-order chi connectivity index (χ0) is 23.2. The van der Waals surface area contributed by atoms with Crippen LogP contribution in [-0.2, 0) is 38.1 Å². The Hall–Kier alpha value is -2.12. The van der Waals surface area contributed by atoms with Crippen molar-refractivity contribution in [1.29, 1.82) is 0 Å². The second-order valence-electron chi connectivity index (χ2n) is 8.00. The van der Waals surface area contributed by atoms with Crippen LogP contribution in [0.4, 0.5) is 0 Å². The fourth-order valence-electron chi connectivity index (χ4n) is 4.07. The second-order valence-corrected chi connectivity index (χ2v) is 8.00. The van der Waals surface area contributed by atoms with Crippen molar-refractivity contribution < 1.29 is 38.1 Å². The summed E-state index contributed by atoms with van der Waals surface area (Å²) in [7, 11) is 2.42. The minimum Gasteiger partial charge on any atom is -0.469 e. The molecule has 1 saturated carbocycles. The van der Waals surface area contributed by atoms with Crippen molar-refractivity contribution in [2.75, 3.05) is 27.4 Å². The molecule has 0 aromatic heterocycles. The Bertz CT molecular complexity index is 538. The van der Waals surface area contributed by atoms with E-state index in [1.165, 1.54) is 14.2 Å². The minimum atomic E-state index is -1.13. The molecule has 0 spiro atoms. The number of esters is 4. The molecule has 8 heteroatoms. The van der Waals surface area contributed by atoms with Gasteiger partial charge in [0.25, 0.3) is 0 Å². The lowest BCUT2D eigenvalue weighted by Gasteiger charge is -2.22. The number of methoxy groups -OCH3 is 2. The molecule has 0 saturated heterocycles. The van der Waals surface area contributed by atoms with Gasteiger partial charge in [-0.1, -0.05) is 52.4 Å². The van der Waals surface area contributed by atoms with E-state index in [-0.39, 0.29) is 19.6 Å². The molecule has 0 radical (unpaired) electrons. The highest BCUT2D eigenvalue weighted by Crippen LogP contribution is 2.44. The highest BCUT2D eigenvalue weighted by Gasteiger charge is 2.57. The van der Waals surface area contributed by atoms with Crippen LogP contribution in [-0.4, -0.2) is 51.3 Å². The topological polar surface area (TPSA) is 105 Å².